The van der Waals surface area contributed by atoms with Gasteiger partial charge in [-0.1, -0.05) is 13.8 Å². The third kappa shape index (κ3) is 4.18. The highest BCUT2D eigenvalue weighted by Gasteiger charge is 2.34. The van der Waals surface area contributed by atoms with Gasteiger partial charge in [0.2, 0.25) is 5.78 Å². The zero-order valence-corrected chi connectivity index (χ0v) is 17.9. The lowest BCUT2D eigenvalue weighted by Crippen LogP contribution is -2.38. The molecule has 1 N–H and O–H groups in total. The number of allylic oxidation sites excluding steroid dienone is 1. The molecule has 2 unspecified atom stereocenters. The molecule has 2 heterocycles. The van der Waals surface area contributed by atoms with Crippen molar-refractivity contribution in [1.29, 1.82) is 0 Å². The largest absolute Gasteiger partial charge is 0.507 e. The van der Waals surface area contributed by atoms with Gasteiger partial charge in [0.15, 0.2) is 5.76 Å². The van der Waals surface area contributed by atoms with Crippen LogP contribution < -0.4 is 4.74 Å². The van der Waals surface area contributed by atoms with E-state index in [0.717, 1.165) is 13.1 Å². The van der Waals surface area contributed by atoms with Gasteiger partial charge in [0.05, 0.1) is 16.1 Å². The number of ketones is 1. The number of hydrogen-bond donors (Lipinski definition) is 1. The summed E-state index contributed by atoms with van der Waals surface area (Å²) < 4.78 is 5.98. The molecule has 2 aliphatic heterocycles. The number of Topliss-reactive ketones (excluding diaryl/α,β-unsaturated/α-hetero) is 1. The normalized spacial score (nSPS) is 22.4. The van der Waals surface area contributed by atoms with E-state index < -0.39 is 4.92 Å². The molecule has 1 saturated heterocycles. The third-order valence-corrected chi connectivity index (χ3v) is 5.95. The highest BCUT2D eigenvalue weighted by atomic mass is 16.6. The van der Waals surface area contributed by atoms with Crippen LogP contribution in [0.1, 0.15) is 47.3 Å². The first-order valence-corrected chi connectivity index (χ1v) is 10.5. The molecule has 7 heteroatoms. The summed E-state index contributed by atoms with van der Waals surface area (Å²) in [4.78, 5) is 25.7. The van der Waals surface area contributed by atoms with Crippen LogP contribution in [0.15, 0.2) is 36.1 Å². The fourth-order valence-electron chi connectivity index (χ4n) is 4.72. The van der Waals surface area contributed by atoms with Crippen LogP contribution in [0.3, 0.4) is 0 Å². The van der Waals surface area contributed by atoms with Gasteiger partial charge in [0, 0.05) is 31.8 Å². The molecular weight excluding hydrogens is 396 g/mol. The van der Waals surface area contributed by atoms with Crippen molar-refractivity contribution in [3.05, 3.63) is 68.5 Å². The van der Waals surface area contributed by atoms with Crippen LogP contribution in [-0.2, 0) is 6.54 Å². The number of carbonyl (C=O) groups excluding carboxylic acids is 1. The number of aromatic hydroxyl groups is 1. The second kappa shape index (κ2) is 8.15. The maximum atomic E-state index is 13.1. The number of nitro benzene ring substituents is 1. The number of hydrogen-bond acceptors (Lipinski definition) is 6. The van der Waals surface area contributed by atoms with Crippen LogP contribution in [0.5, 0.6) is 11.5 Å². The molecule has 7 nitrogen and oxygen atoms in total. The first-order valence-electron chi connectivity index (χ1n) is 10.5. The number of nitro groups is 1. The summed E-state index contributed by atoms with van der Waals surface area (Å²) >= 11 is 0. The molecule has 2 aliphatic rings. The van der Waals surface area contributed by atoms with E-state index in [4.69, 9.17) is 4.74 Å². The summed E-state index contributed by atoms with van der Waals surface area (Å²) in [5, 5.41) is 21.5. The summed E-state index contributed by atoms with van der Waals surface area (Å²) in [6, 6.07) is 7.56. The van der Waals surface area contributed by atoms with Crippen molar-refractivity contribution in [1.82, 2.24) is 4.90 Å². The van der Waals surface area contributed by atoms with Crippen LogP contribution in [0, 0.1) is 28.9 Å². The van der Waals surface area contributed by atoms with Crippen LogP contribution in [0.2, 0.25) is 0 Å². The van der Waals surface area contributed by atoms with Crippen LogP contribution in [-0.4, -0.2) is 33.8 Å². The first kappa shape index (κ1) is 21.1. The number of nitrogens with zero attached hydrogens (tertiary/aromatic N) is 2. The Hall–Kier alpha value is -3.19. The molecule has 2 aromatic carbocycles. The van der Waals surface area contributed by atoms with Crippen molar-refractivity contribution in [2.24, 2.45) is 11.8 Å². The highest BCUT2D eigenvalue weighted by Crippen LogP contribution is 2.42. The number of rotatable bonds is 4. The molecular formula is C24H26N2O5. The monoisotopic (exact) mass is 422 g/mol. The Labute approximate surface area is 181 Å². The zero-order valence-electron chi connectivity index (χ0n) is 17.9. The van der Waals surface area contributed by atoms with Gasteiger partial charge in [-0.05, 0) is 60.6 Å². The number of ether oxygens (including phenoxy) is 1. The van der Waals surface area contributed by atoms with Gasteiger partial charge in [-0.3, -0.25) is 19.8 Å². The van der Waals surface area contributed by atoms with Crippen molar-refractivity contribution < 1.29 is 19.6 Å². The molecule has 0 saturated carbocycles. The minimum absolute atomic E-state index is 0.0165. The number of non-ortho nitro benzene ring substituents is 1. The van der Waals surface area contributed by atoms with E-state index in [9.17, 15) is 20.0 Å². The summed E-state index contributed by atoms with van der Waals surface area (Å²) in [6.45, 7) is 8.63. The van der Waals surface area contributed by atoms with Gasteiger partial charge < -0.3 is 9.84 Å². The molecule has 0 aliphatic carbocycles. The minimum atomic E-state index is -0.468. The number of phenolic OH excluding ortho intramolecular Hbond substituents is 1. The summed E-state index contributed by atoms with van der Waals surface area (Å²) in [6.07, 6.45) is 2.77. The Kier molecular flexibility index (Phi) is 5.54. The van der Waals surface area contributed by atoms with Crippen molar-refractivity contribution in [3.8, 4) is 11.5 Å². The average Bonchev–Trinajstić information content (AvgIpc) is 3.01. The van der Waals surface area contributed by atoms with Gasteiger partial charge in [-0.2, -0.15) is 0 Å². The summed E-state index contributed by atoms with van der Waals surface area (Å²) in [5.74, 6) is 1.61. The van der Waals surface area contributed by atoms with Crippen LogP contribution >= 0.6 is 0 Å². The second-order valence-electron chi connectivity index (χ2n) is 8.82. The Morgan fingerprint density at radius 3 is 2.48 bits per heavy atom. The minimum Gasteiger partial charge on any atom is -0.507 e. The number of likely N-dealkylation sites (tertiary alicyclic amines) is 1. The maximum Gasteiger partial charge on any atom is 0.269 e. The fourth-order valence-corrected chi connectivity index (χ4v) is 4.72. The van der Waals surface area contributed by atoms with Gasteiger partial charge >= 0.3 is 0 Å². The molecule has 2 aromatic rings. The lowest BCUT2D eigenvalue weighted by Gasteiger charge is -2.35. The van der Waals surface area contributed by atoms with Crippen molar-refractivity contribution in [2.75, 3.05) is 13.1 Å². The second-order valence-corrected chi connectivity index (χ2v) is 8.82. The molecule has 162 valence electrons. The average molecular weight is 422 g/mol. The van der Waals surface area contributed by atoms with Crippen molar-refractivity contribution in [2.45, 2.75) is 33.7 Å². The van der Waals surface area contributed by atoms with E-state index in [1.807, 2.05) is 0 Å². The fraction of sp³-hybridized carbons (Fsp3) is 0.375. The van der Waals surface area contributed by atoms with Gasteiger partial charge in [0.1, 0.15) is 11.5 Å². The molecule has 0 amide bonds. The van der Waals surface area contributed by atoms with Gasteiger partial charge in [0.25, 0.3) is 5.69 Å². The van der Waals surface area contributed by atoms with E-state index in [2.05, 4.69) is 18.7 Å². The number of benzene rings is 2. The number of fused-ring (bicyclic) bond motifs is 1. The van der Waals surface area contributed by atoms with E-state index in [1.54, 1.807) is 31.2 Å². The molecule has 2 atom stereocenters. The summed E-state index contributed by atoms with van der Waals surface area (Å²) in [5.41, 5.74) is 2.37. The Morgan fingerprint density at radius 2 is 1.87 bits per heavy atom. The molecule has 0 bridgehead atoms. The quantitative estimate of drug-likeness (QED) is 0.436. The number of carbonyl (C=O) groups is 1. The molecule has 0 aromatic heterocycles. The molecule has 1 fully saturated rings. The van der Waals surface area contributed by atoms with Crippen molar-refractivity contribution >= 4 is 17.5 Å². The van der Waals surface area contributed by atoms with E-state index in [-0.39, 0.29) is 23.0 Å². The Morgan fingerprint density at radius 1 is 1.23 bits per heavy atom. The standard InChI is InChI=1S/C24H26N2O5/c1-14-8-15(2)12-25(11-14)13-19-20(27)9-16(3)22-23(28)21(31-24(19)22)10-17-4-6-18(7-5-17)26(29)30/h4-7,9-10,14-15,27H,8,11-13H2,1-3H3/b21-10+. The van der Waals surface area contributed by atoms with Crippen molar-refractivity contribution in [3.63, 3.8) is 0 Å². The molecule has 4 rings (SSSR count). The highest BCUT2D eigenvalue weighted by molar-refractivity contribution is 6.15. The van der Waals surface area contributed by atoms with Crippen LogP contribution in [0.4, 0.5) is 5.69 Å². The topological polar surface area (TPSA) is 92.9 Å². The predicted molar refractivity (Wildman–Crippen MR) is 117 cm³/mol. The SMILES string of the molecule is Cc1cc(O)c(CN2CC(C)CC(C)C2)c2c1C(=O)/C(=C\c1ccc([N+](=O)[O-])cc1)O2. The third-order valence-electron chi connectivity index (χ3n) is 5.95. The number of phenols is 1. The van der Waals surface area contributed by atoms with Crippen LogP contribution in [0.25, 0.3) is 6.08 Å². The predicted octanol–water partition coefficient (Wildman–Crippen LogP) is 4.70. The Balaban J connectivity index is 1.65. The zero-order chi connectivity index (χ0) is 22.3. The lowest BCUT2D eigenvalue weighted by atomic mass is 9.91. The van der Waals surface area contributed by atoms with Gasteiger partial charge in [-0.25, -0.2) is 0 Å². The maximum absolute atomic E-state index is 13.1. The number of piperidine rings is 1. The molecule has 0 spiro atoms. The molecule has 0 radical (unpaired) electrons. The smallest absolute Gasteiger partial charge is 0.269 e. The van der Waals surface area contributed by atoms with E-state index >= 15 is 0 Å². The summed E-state index contributed by atoms with van der Waals surface area (Å²) in [7, 11) is 0. The number of aryl methyl sites for hydroxylation is 1. The molecule has 31 heavy (non-hydrogen) atoms. The Bertz CT molecular complexity index is 1060. The van der Waals surface area contributed by atoms with E-state index in [1.165, 1.54) is 18.6 Å². The lowest BCUT2D eigenvalue weighted by molar-refractivity contribution is -0.384. The first-order chi connectivity index (χ1) is 14.7. The van der Waals surface area contributed by atoms with E-state index in [0.29, 0.717) is 46.4 Å². The van der Waals surface area contributed by atoms with Gasteiger partial charge in [-0.15, -0.1) is 0 Å².